The first-order chi connectivity index (χ1) is 9.22. The number of likely N-dealkylation sites (tertiary alicyclic amines) is 1. The second kappa shape index (κ2) is 6.89. The van der Waals surface area contributed by atoms with Gasteiger partial charge in [-0.3, -0.25) is 9.59 Å². The lowest BCUT2D eigenvalue weighted by atomic mass is 9.94. The van der Waals surface area contributed by atoms with E-state index in [0.29, 0.717) is 26.3 Å². The molecule has 2 heterocycles. The van der Waals surface area contributed by atoms with Crippen molar-refractivity contribution in [3.05, 3.63) is 0 Å². The number of esters is 1. The molecule has 1 amide bonds. The predicted octanol–water partition coefficient (Wildman–Crippen LogP) is 1.21. The average molecular weight is 269 g/mol. The molecule has 0 spiro atoms. The molecule has 0 aliphatic carbocycles. The van der Waals surface area contributed by atoms with Gasteiger partial charge in [-0.2, -0.15) is 0 Å². The first-order valence-electron chi connectivity index (χ1n) is 7.25. The third-order valence-corrected chi connectivity index (χ3v) is 3.94. The Morgan fingerprint density at radius 3 is 2.53 bits per heavy atom. The van der Waals surface area contributed by atoms with E-state index in [0.717, 1.165) is 32.3 Å². The number of hydrogen-bond acceptors (Lipinski definition) is 4. The molecule has 0 saturated carbocycles. The van der Waals surface area contributed by atoms with Gasteiger partial charge in [-0.25, -0.2) is 0 Å². The lowest BCUT2D eigenvalue weighted by Gasteiger charge is -2.34. The molecule has 0 radical (unpaired) electrons. The molecule has 1 atom stereocenters. The third kappa shape index (κ3) is 3.69. The zero-order chi connectivity index (χ0) is 13.7. The van der Waals surface area contributed by atoms with E-state index < -0.39 is 0 Å². The van der Waals surface area contributed by atoms with E-state index in [2.05, 4.69) is 0 Å². The molecule has 2 aliphatic rings. The summed E-state index contributed by atoms with van der Waals surface area (Å²) in [6.07, 6.45) is 3.34. The van der Waals surface area contributed by atoms with Gasteiger partial charge in [0.1, 0.15) is 0 Å². The molecule has 2 saturated heterocycles. The second-order valence-electron chi connectivity index (χ2n) is 5.27. The Labute approximate surface area is 114 Å². The molecule has 5 heteroatoms. The van der Waals surface area contributed by atoms with E-state index >= 15 is 0 Å². The normalized spacial score (nSPS) is 25.1. The minimum atomic E-state index is -0.115. The SMILES string of the molecule is CCOC(=O)C1CCN(C(=O)C2CCCOC2)CC1. The summed E-state index contributed by atoms with van der Waals surface area (Å²) in [7, 11) is 0. The second-order valence-corrected chi connectivity index (χ2v) is 5.27. The Balaban J connectivity index is 1.79. The van der Waals surface area contributed by atoms with Crippen LogP contribution in [-0.4, -0.2) is 49.7 Å². The molecule has 0 aromatic heterocycles. The van der Waals surface area contributed by atoms with Gasteiger partial charge in [0.25, 0.3) is 0 Å². The molecule has 19 heavy (non-hydrogen) atoms. The molecule has 0 aromatic carbocycles. The van der Waals surface area contributed by atoms with E-state index in [4.69, 9.17) is 9.47 Å². The fraction of sp³-hybridized carbons (Fsp3) is 0.857. The molecule has 0 N–H and O–H groups in total. The molecular formula is C14H23NO4. The van der Waals surface area contributed by atoms with Crippen LogP contribution in [0.1, 0.15) is 32.6 Å². The topological polar surface area (TPSA) is 55.8 Å². The van der Waals surface area contributed by atoms with E-state index in [1.54, 1.807) is 0 Å². The van der Waals surface area contributed by atoms with Gasteiger partial charge >= 0.3 is 5.97 Å². The highest BCUT2D eigenvalue weighted by Crippen LogP contribution is 2.22. The van der Waals surface area contributed by atoms with Gasteiger partial charge in [0.15, 0.2) is 0 Å². The molecule has 108 valence electrons. The number of rotatable bonds is 3. The van der Waals surface area contributed by atoms with Gasteiger partial charge in [0.2, 0.25) is 5.91 Å². The highest BCUT2D eigenvalue weighted by atomic mass is 16.5. The van der Waals surface area contributed by atoms with Crippen LogP contribution in [0.15, 0.2) is 0 Å². The van der Waals surface area contributed by atoms with Crippen molar-refractivity contribution in [2.45, 2.75) is 32.6 Å². The average Bonchev–Trinajstić information content (AvgIpc) is 2.48. The Hall–Kier alpha value is -1.10. The molecule has 0 bridgehead atoms. The first kappa shape index (κ1) is 14.3. The van der Waals surface area contributed by atoms with E-state index in [9.17, 15) is 9.59 Å². The van der Waals surface area contributed by atoms with Crippen molar-refractivity contribution < 1.29 is 19.1 Å². The number of nitrogens with zero attached hydrogens (tertiary/aromatic N) is 1. The van der Waals surface area contributed by atoms with Crippen LogP contribution < -0.4 is 0 Å². The van der Waals surface area contributed by atoms with Gasteiger partial charge in [0.05, 0.1) is 25.0 Å². The minimum Gasteiger partial charge on any atom is -0.466 e. The van der Waals surface area contributed by atoms with Gasteiger partial charge in [-0.15, -0.1) is 0 Å². The van der Waals surface area contributed by atoms with Crippen LogP contribution in [0.25, 0.3) is 0 Å². The van der Waals surface area contributed by atoms with E-state index in [1.165, 1.54) is 0 Å². The largest absolute Gasteiger partial charge is 0.466 e. The van der Waals surface area contributed by atoms with Crippen molar-refractivity contribution >= 4 is 11.9 Å². The number of hydrogen-bond donors (Lipinski definition) is 0. The van der Waals surface area contributed by atoms with E-state index in [1.807, 2.05) is 11.8 Å². The summed E-state index contributed by atoms with van der Waals surface area (Å²) in [6, 6.07) is 0. The molecule has 0 aromatic rings. The number of ether oxygens (including phenoxy) is 2. The molecule has 2 aliphatic heterocycles. The van der Waals surface area contributed by atoms with Crippen molar-refractivity contribution in [3.63, 3.8) is 0 Å². The van der Waals surface area contributed by atoms with Crippen molar-refractivity contribution in [2.75, 3.05) is 32.9 Å². The summed E-state index contributed by atoms with van der Waals surface area (Å²) in [6.45, 7) is 4.90. The monoisotopic (exact) mass is 269 g/mol. The fourth-order valence-electron chi connectivity index (χ4n) is 2.79. The molecular weight excluding hydrogens is 246 g/mol. The zero-order valence-corrected chi connectivity index (χ0v) is 11.6. The van der Waals surface area contributed by atoms with Gasteiger partial charge in [-0.1, -0.05) is 0 Å². The number of carbonyl (C=O) groups excluding carboxylic acids is 2. The first-order valence-corrected chi connectivity index (χ1v) is 7.25. The smallest absolute Gasteiger partial charge is 0.309 e. The van der Waals surface area contributed by atoms with Crippen molar-refractivity contribution in [3.8, 4) is 0 Å². The predicted molar refractivity (Wildman–Crippen MR) is 69.5 cm³/mol. The Kier molecular flexibility index (Phi) is 5.19. The number of piperidine rings is 1. The lowest BCUT2D eigenvalue weighted by Crippen LogP contribution is -2.45. The third-order valence-electron chi connectivity index (χ3n) is 3.94. The zero-order valence-electron chi connectivity index (χ0n) is 11.6. The standard InChI is InChI=1S/C14H23NO4/c1-2-19-14(17)11-5-7-15(8-6-11)13(16)12-4-3-9-18-10-12/h11-12H,2-10H2,1H3. The van der Waals surface area contributed by atoms with Crippen LogP contribution in [0, 0.1) is 11.8 Å². The summed E-state index contributed by atoms with van der Waals surface area (Å²) >= 11 is 0. The summed E-state index contributed by atoms with van der Waals surface area (Å²) < 4.78 is 10.4. The Morgan fingerprint density at radius 2 is 1.95 bits per heavy atom. The van der Waals surface area contributed by atoms with Crippen LogP contribution in [0.2, 0.25) is 0 Å². The van der Waals surface area contributed by atoms with Crippen LogP contribution >= 0.6 is 0 Å². The number of amides is 1. The van der Waals surface area contributed by atoms with Crippen LogP contribution in [0.3, 0.4) is 0 Å². The highest BCUT2D eigenvalue weighted by molar-refractivity contribution is 5.79. The maximum absolute atomic E-state index is 12.3. The van der Waals surface area contributed by atoms with Crippen molar-refractivity contribution in [1.29, 1.82) is 0 Å². The summed E-state index contributed by atoms with van der Waals surface area (Å²) in [5, 5.41) is 0. The molecule has 2 fully saturated rings. The Bertz CT molecular complexity index is 317. The highest BCUT2D eigenvalue weighted by Gasteiger charge is 2.32. The van der Waals surface area contributed by atoms with Crippen LogP contribution in [0.5, 0.6) is 0 Å². The van der Waals surface area contributed by atoms with Crippen LogP contribution in [0.4, 0.5) is 0 Å². The molecule has 1 unspecified atom stereocenters. The van der Waals surface area contributed by atoms with Crippen LogP contribution in [-0.2, 0) is 19.1 Å². The van der Waals surface area contributed by atoms with Gasteiger partial charge < -0.3 is 14.4 Å². The minimum absolute atomic E-state index is 0.0212. The maximum atomic E-state index is 12.3. The number of carbonyl (C=O) groups is 2. The molecule has 5 nitrogen and oxygen atoms in total. The van der Waals surface area contributed by atoms with E-state index in [-0.39, 0.29) is 23.7 Å². The summed E-state index contributed by atoms with van der Waals surface area (Å²) in [5.74, 6) is 0.0668. The molecule has 2 rings (SSSR count). The lowest BCUT2D eigenvalue weighted by molar-refractivity contribution is -0.152. The Morgan fingerprint density at radius 1 is 1.21 bits per heavy atom. The quantitative estimate of drug-likeness (QED) is 0.723. The van der Waals surface area contributed by atoms with Crippen molar-refractivity contribution in [1.82, 2.24) is 4.90 Å². The summed E-state index contributed by atoms with van der Waals surface area (Å²) in [5.41, 5.74) is 0. The van der Waals surface area contributed by atoms with Gasteiger partial charge in [0, 0.05) is 19.7 Å². The van der Waals surface area contributed by atoms with Gasteiger partial charge in [-0.05, 0) is 32.6 Å². The maximum Gasteiger partial charge on any atom is 0.309 e. The summed E-state index contributed by atoms with van der Waals surface area (Å²) in [4.78, 5) is 25.8. The van der Waals surface area contributed by atoms with Crippen molar-refractivity contribution in [2.24, 2.45) is 11.8 Å². The fourth-order valence-corrected chi connectivity index (χ4v) is 2.79.